The van der Waals surface area contributed by atoms with E-state index in [1.807, 2.05) is 41.3 Å². The van der Waals surface area contributed by atoms with Gasteiger partial charge < -0.3 is 19.7 Å². The van der Waals surface area contributed by atoms with Crippen LogP contribution in [0.3, 0.4) is 0 Å². The van der Waals surface area contributed by atoms with Crippen molar-refractivity contribution in [1.82, 2.24) is 4.98 Å². The number of pyridine rings is 1. The number of ether oxygens (including phenoxy) is 2. The van der Waals surface area contributed by atoms with Gasteiger partial charge in [-0.05, 0) is 49.2 Å². The summed E-state index contributed by atoms with van der Waals surface area (Å²) in [5.74, 6) is 1.83. The predicted molar refractivity (Wildman–Crippen MR) is 113 cm³/mol. The second-order valence-corrected chi connectivity index (χ2v) is 6.98. The van der Waals surface area contributed by atoms with E-state index in [2.05, 4.69) is 23.3 Å². The molecule has 1 aromatic heterocycles. The molecule has 6 heteroatoms. The van der Waals surface area contributed by atoms with Gasteiger partial charge in [-0.25, -0.2) is 4.98 Å². The maximum Gasteiger partial charge on any atom is 0.258 e. The van der Waals surface area contributed by atoms with E-state index >= 15 is 0 Å². The number of hydrogen-bond donors (Lipinski definition) is 1. The van der Waals surface area contributed by atoms with Crippen LogP contribution in [0.2, 0.25) is 0 Å². The maximum atomic E-state index is 13.2. The number of methoxy groups -OCH3 is 2. The van der Waals surface area contributed by atoms with Crippen molar-refractivity contribution in [3.05, 3.63) is 71.9 Å². The minimum Gasteiger partial charge on any atom is -0.493 e. The number of hydrogen-bond acceptors (Lipinski definition) is 5. The summed E-state index contributed by atoms with van der Waals surface area (Å²) in [6.45, 7) is 2.07. The topological polar surface area (TPSA) is 63.7 Å². The molecule has 0 bridgehead atoms. The number of rotatable bonds is 5. The van der Waals surface area contributed by atoms with Gasteiger partial charge in [0.25, 0.3) is 5.91 Å². The fraction of sp³-hybridized carbons (Fsp3) is 0.217. The zero-order valence-corrected chi connectivity index (χ0v) is 16.7. The summed E-state index contributed by atoms with van der Waals surface area (Å²) in [5, 5.41) is 3.23. The van der Waals surface area contributed by atoms with E-state index in [0.717, 1.165) is 17.8 Å². The summed E-state index contributed by atoms with van der Waals surface area (Å²) in [5.41, 5.74) is 3.56. The number of benzene rings is 2. The number of aromatic nitrogens is 1. The second kappa shape index (κ2) is 7.83. The van der Waals surface area contributed by atoms with Gasteiger partial charge in [-0.15, -0.1) is 0 Å². The molecule has 29 heavy (non-hydrogen) atoms. The van der Waals surface area contributed by atoms with Crippen LogP contribution in [0.25, 0.3) is 0 Å². The number of fused-ring (bicyclic) bond motifs is 1. The van der Waals surface area contributed by atoms with E-state index in [1.165, 1.54) is 5.56 Å². The number of carbonyl (C=O) groups excluding carboxylic acids is 1. The number of nitrogens with zero attached hydrogens (tertiary/aromatic N) is 2. The van der Waals surface area contributed by atoms with Crippen LogP contribution in [0.15, 0.2) is 60.8 Å². The van der Waals surface area contributed by atoms with E-state index in [-0.39, 0.29) is 11.9 Å². The Hall–Kier alpha value is -3.54. The molecule has 1 amide bonds. The molecule has 0 radical (unpaired) electrons. The van der Waals surface area contributed by atoms with Crippen molar-refractivity contribution in [1.29, 1.82) is 0 Å². The summed E-state index contributed by atoms with van der Waals surface area (Å²) in [4.78, 5) is 19.5. The Morgan fingerprint density at radius 3 is 2.66 bits per heavy atom. The zero-order valence-electron chi connectivity index (χ0n) is 16.7. The lowest BCUT2D eigenvalue weighted by Crippen LogP contribution is -2.35. The lowest BCUT2D eigenvalue weighted by atomic mass is 10.1. The van der Waals surface area contributed by atoms with Crippen LogP contribution >= 0.6 is 0 Å². The van der Waals surface area contributed by atoms with Crippen molar-refractivity contribution in [2.75, 3.05) is 24.4 Å². The van der Waals surface area contributed by atoms with Crippen LogP contribution in [0, 0.1) is 0 Å². The van der Waals surface area contributed by atoms with Gasteiger partial charge in [-0.1, -0.05) is 18.2 Å². The maximum absolute atomic E-state index is 13.2. The molecule has 2 heterocycles. The van der Waals surface area contributed by atoms with Crippen molar-refractivity contribution < 1.29 is 14.3 Å². The molecule has 148 valence electrons. The van der Waals surface area contributed by atoms with Crippen molar-refractivity contribution >= 4 is 23.1 Å². The monoisotopic (exact) mass is 389 g/mol. The number of para-hydroxylation sites is 1. The van der Waals surface area contributed by atoms with Crippen molar-refractivity contribution in [3.63, 3.8) is 0 Å². The first kappa shape index (κ1) is 18.8. The highest BCUT2D eigenvalue weighted by Crippen LogP contribution is 2.34. The Labute approximate surface area is 170 Å². The molecule has 1 aliphatic heterocycles. The van der Waals surface area contributed by atoms with E-state index in [1.54, 1.807) is 32.5 Å². The van der Waals surface area contributed by atoms with Crippen LogP contribution in [0.4, 0.5) is 17.2 Å². The molecule has 3 aromatic rings. The van der Waals surface area contributed by atoms with Gasteiger partial charge in [-0.3, -0.25) is 4.79 Å². The van der Waals surface area contributed by atoms with E-state index in [0.29, 0.717) is 22.9 Å². The largest absolute Gasteiger partial charge is 0.493 e. The fourth-order valence-corrected chi connectivity index (χ4v) is 3.71. The summed E-state index contributed by atoms with van der Waals surface area (Å²) in [6.07, 6.45) is 2.51. The highest BCUT2D eigenvalue weighted by molar-refractivity contribution is 6.08. The van der Waals surface area contributed by atoms with Gasteiger partial charge in [0.15, 0.2) is 11.5 Å². The number of anilines is 3. The average molecular weight is 389 g/mol. The first-order valence-corrected chi connectivity index (χ1v) is 9.47. The third-order valence-corrected chi connectivity index (χ3v) is 5.09. The zero-order chi connectivity index (χ0) is 20.4. The molecule has 0 aliphatic carbocycles. The number of carbonyl (C=O) groups is 1. The Balaban J connectivity index is 1.59. The molecule has 1 aliphatic rings. The molecule has 4 rings (SSSR count). The average Bonchev–Trinajstić information content (AvgIpc) is 3.09. The second-order valence-electron chi connectivity index (χ2n) is 6.98. The molecular formula is C23H23N3O3. The lowest BCUT2D eigenvalue weighted by molar-refractivity contribution is 0.0981. The van der Waals surface area contributed by atoms with Gasteiger partial charge in [0, 0.05) is 35.2 Å². The summed E-state index contributed by atoms with van der Waals surface area (Å²) >= 11 is 0. The summed E-state index contributed by atoms with van der Waals surface area (Å²) < 4.78 is 10.6. The molecule has 0 spiro atoms. The first-order chi connectivity index (χ1) is 14.1. The first-order valence-electron chi connectivity index (χ1n) is 9.47. The van der Waals surface area contributed by atoms with Gasteiger partial charge in [0.1, 0.15) is 5.82 Å². The molecule has 1 atom stereocenters. The van der Waals surface area contributed by atoms with Crippen molar-refractivity contribution in [2.24, 2.45) is 0 Å². The van der Waals surface area contributed by atoms with Crippen LogP contribution in [-0.4, -0.2) is 31.2 Å². The molecular weight excluding hydrogens is 366 g/mol. The van der Waals surface area contributed by atoms with Gasteiger partial charge >= 0.3 is 0 Å². The predicted octanol–water partition coefficient (Wildman–Crippen LogP) is 4.43. The van der Waals surface area contributed by atoms with E-state index < -0.39 is 0 Å². The number of amides is 1. The van der Waals surface area contributed by atoms with Crippen LogP contribution < -0.4 is 19.7 Å². The van der Waals surface area contributed by atoms with Gasteiger partial charge in [-0.2, -0.15) is 0 Å². The van der Waals surface area contributed by atoms with Crippen LogP contribution in [0.1, 0.15) is 22.8 Å². The SMILES string of the molecule is COc1ccc(Nc2cc(C(=O)N3c4ccccc4CC3C)ccn2)cc1OC. The Morgan fingerprint density at radius 1 is 1.07 bits per heavy atom. The Bertz CT molecular complexity index is 1050. The molecule has 0 saturated carbocycles. The lowest BCUT2D eigenvalue weighted by Gasteiger charge is -2.23. The van der Waals surface area contributed by atoms with Gasteiger partial charge in [0.2, 0.25) is 0 Å². The normalized spacial score (nSPS) is 15.0. The molecule has 1 unspecified atom stereocenters. The quantitative estimate of drug-likeness (QED) is 0.699. The molecule has 1 N–H and O–H groups in total. The third kappa shape index (κ3) is 3.61. The standard InChI is InChI=1S/C23H23N3O3/c1-15-12-16-6-4-5-7-19(16)26(15)23(27)17-10-11-24-22(13-17)25-18-8-9-20(28-2)21(14-18)29-3/h4-11,13-15H,12H2,1-3H3,(H,24,25). The minimum absolute atomic E-state index is 0.0276. The fourth-order valence-electron chi connectivity index (χ4n) is 3.71. The molecule has 0 saturated heterocycles. The van der Waals surface area contributed by atoms with Crippen LogP contribution in [-0.2, 0) is 6.42 Å². The summed E-state index contributed by atoms with van der Waals surface area (Å²) in [6, 6.07) is 17.2. The van der Waals surface area contributed by atoms with Crippen molar-refractivity contribution in [3.8, 4) is 11.5 Å². The van der Waals surface area contributed by atoms with E-state index in [9.17, 15) is 4.79 Å². The molecule has 6 nitrogen and oxygen atoms in total. The third-order valence-electron chi connectivity index (χ3n) is 5.09. The summed E-state index contributed by atoms with van der Waals surface area (Å²) in [7, 11) is 3.19. The van der Waals surface area contributed by atoms with Gasteiger partial charge in [0.05, 0.1) is 14.2 Å². The Kier molecular flexibility index (Phi) is 5.08. The van der Waals surface area contributed by atoms with Crippen molar-refractivity contribution in [2.45, 2.75) is 19.4 Å². The highest BCUT2D eigenvalue weighted by atomic mass is 16.5. The smallest absolute Gasteiger partial charge is 0.258 e. The molecule has 2 aromatic carbocycles. The Morgan fingerprint density at radius 2 is 1.86 bits per heavy atom. The minimum atomic E-state index is -0.0276. The number of nitrogens with one attached hydrogen (secondary N) is 1. The van der Waals surface area contributed by atoms with E-state index in [4.69, 9.17) is 9.47 Å². The highest BCUT2D eigenvalue weighted by Gasteiger charge is 2.31. The molecule has 0 fully saturated rings. The van der Waals surface area contributed by atoms with Crippen LogP contribution in [0.5, 0.6) is 11.5 Å².